The second-order valence-electron chi connectivity index (χ2n) is 14.6. The van der Waals surface area contributed by atoms with Crippen molar-refractivity contribution in [3.05, 3.63) is 0 Å². The topological polar surface area (TPSA) is 213 Å². The van der Waals surface area contributed by atoms with E-state index in [-0.39, 0.29) is 124 Å². The summed E-state index contributed by atoms with van der Waals surface area (Å²) in [6.07, 6.45) is 1.54. The van der Waals surface area contributed by atoms with Gasteiger partial charge in [0.1, 0.15) is 0 Å². The third kappa shape index (κ3) is 20.0. The lowest BCUT2D eigenvalue weighted by Gasteiger charge is -2.37. The molecule has 0 rings (SSSR count). The highest BCUT2D eigenvalue weighted by atomic mass is 31.2. The molecule has 0 fully saturated rings. The van der Waals surface area contributed by atoms with Crippen LogP contribution in [0, 0.1) is 0 Å². The van der Waals surface area contributed by atoms with Crippen molar-refractivity contribution in [2.45, 2.75) is 182 Å². The van der Waals surface area contributed by atoms with E-state index in [9.17, 15) is 22.8 Å². The van der Waals surface area contributed by atoms with Crippen LogP contribution in [0.15, 0.2) is 0 Å². The van der Waals surface area contributed by atoms with Crippen molar-refractivity contribution in [1.29, 1.82) is 0 Å². The first-order chi connectivity index (χ1) is 30.2. The van der Waals surface area contributed by atoms with E-state index >= 15 is 4.57 Å². The summed E-state index contributed by atoms with van der Waals surface area (Å²) in [6, 6.07) is 0. The van der Waals surface area contributed by atoms with E-state index in [0.29, 0.717) is 6.42 Å². The van der Waals surface area contributed by atoms with Gasteiger partial charge in [-0.1, -0.05) is 26.7 Å². The van der Waals surface area contributed by atoms with E-state index in [2.05, 4.69) is 0 Å². The molecule has 0 aliphatic heterocycles. The Morgan fingerprint density at radius 1 is 0.281 bits per heavy atom. The molecule has 0 N–H and O–H groups in total. The van der Waals surface area contributed by atoms with Crippen molar-refractivity contribution in [3.8, 4) is 0 Å². The summed E-state index contributed by atoms with van der Waals surface area (Å²) >= 11 is 0. The maximum Gasteiger partial charge on any atom is 0.334 e. The summed E-state index contributed by atoms with van der Waals surface area (Å²) in [5.41, 5.74) is -5.28. The van der Waals surface area contributed by atoms with Gasteiger partial charge in [-0.25, -0.2) is 0 Å². The van der Waals surface area contributed by atoms with Gasteiger partial charge in [-0.05, 0) is 122 Å². The van der Waals surface area contributed by atoms with Crippen LogP contribution in [0.25, 0.3) is 0 Å². The van der Waals surface area contributed by atoms with Crippen molar-refractivity contribution in [1.82, 2.24) is 0 Å². The molecule has 18 nitrogen and oxygen atoms in total. The molecule has 0 aliphatic rings. The third-order valence-corrected chi connectivity index (χ3v) is 26.7. The number of rotatable bonds is 43. The van der Waals surface area contributed by atoms with Crippen LogP contribution < -0.4 is 0 Å². The zero-order chi connectivity index (χ0) is 49.1. The number of hydrogen-bond donors (Lipinski definition) is 0. The smallest absolute Gasteiger partial charge is 0.309 e. The predicted octanol–water partition coefficient (Wildman–Crippen LogP) is 14.0. The summed E-state index contributed by atoms with van der Waals surface area (Å²) in [7, 11) is -23.3. The van der Waals surface area contributed by atoms with E-state index < -0.39 is 79.5 Å². The minimum Gasteiger partial charge on any atom is -0.309 e. The highest BCUT2D eigenvalue weighted by Gasteiger charge is 2.52. The van der Waals surface area contributed by atoms with Gasteiger partial charge in [0.15, 0.2) is 0 Å². The highest BCUT2D eigenvalue weighted by Crippen LogP contribution is 2.68. The normalized spacial score (nSPS) is 16.4. The number of hydrogen-bond acceptors (Lipinski definition) is 18. The van der Waals surface area contributed by atoms with Crippen LogP contribution in [0.2, 0.25) is 0 Å². The first-order valence-corrected chi connectivity index (χ1v) is 33.2. The van der Waals surface area contributed by atoms with Crippen molar-refractivity contribution >= 4 is 45.6 Å². The lowest BCUT2D eigenvalue weighted by atomic mass is 10.0. The molecule has 0 bridgehead atoms. The Hall–Kier alpha value is 0.900. The summed E-state index contributed by atoms with van der Waals surface area (Å²) in [5, 5.41) is 0. The maximum absolute atomic E-state index is 15.0. The Morgan fingerprint density at radius 2 is 0.531 bits per heavy atom. The van der Waals surface area contributed by atoms with Gasteiger partial charge in [0.25, 0.3) is 0 Å². The SMILES string of the molecule is CCOP(=O)(OCC)C(C)CCC(C(CCCC(CCCC(C(C)P(=O)(OCC)OCC)P(=O)(OCC)OCC)P(=O)(OCC)OCC)P(=O)(OCC)OCC)P(=O)(OCC)OCC. The van der Waals surface area contributed by atoms with Crippen LogP contribution in [0.5, 0.6) is 0 Å². The zero-order valence-electron chi connectivity index (χ0n) is 41.6. The molecule has 0 heterocycles. The summed E-state index contributed by atoms with van der Waals surface area (Å²) in [6.45, 7) is 24.8. The lowest BCUT2D eigenvalue weighted by molar-refractivity contribution is 0.188. The molecule has 24 heteroatoms. The standard InChI is InChI=1S/C40H88O18P6/c1-15-47-59(41,48-16-2)35(13)33-34-40(64(46,57-25-11)58-26-12)39(63(45,55-23-9)56-24-10)32-28-30-37(61(43,51-19-5)52-20-6)29-27-31-38(62(44,53-21-7)54-22-8)36(14)60(42,49-17-3)50-18-4/h35-40H,15-34H2,1-14H3. The molecule has 0 radical (unpaired) electrons. The largest absolute Gasteiger partial charge is 0.334 e. The van der Waals surface area contributed by atoms with E-state index in [1.165, 1.54) is 0 Å². The Balaban J connectivity index is 7.45. The summed E-state index contributed by atoms with van der Waals surface area (Å²) in [5.74, 6) is 0. The molecule has 0 aliphatic carbocycles. The average molecular weight is 1040 g/mol. The van der Waals surface area contributed by atoms with Crippen LogP contribution >= 0.6 is 45.6 Å². The Labute approximate surface area is 387 Å². The van der Waals surface area contributed by atoms with Crippen molar-refractivity contribution in [2.75, 3.05) is 79.3 Å². The van der Waals surface area contributed by atoms with Gasteiger partial charge in [-0.3, -0.25) is 27.4 Å². The van der Waals surface area contributed by atoms with Crippen molar-refractivity contribution < 1.29 is 81.7 Å². The van der Waals surface area contributed by atoms with E-state index in [1.54, 1.807) is 96.9 Å². The first-order valence-electron chi connectivity index (χ1n) is 23.6. The van der Waals surface area contributed by atoms with E-state index in [1.807, 2.05) is 0 Å². The predicted molar refractivity (Wildman–Crippen MR) is 256 cm³/mol. The third-order valence-electron chi connectivity index (χ3n) is 10.4. The van der Waals surface area contributed by atoms with Gasteiger partial charge in [0, 0.05) is 0 Å². The van der Waals surface area contributed by atoms with Crippen LogP contribution in [-0.2, 0) is 81.7 Å². The second-order valence-corrected chi connectivity index (χ2v) is 28.6. The molecule has 0 aromatic carbocycles. The molecule has 6 atom stereocenters. The second kappa shape index (κ2) is 33.5. The lowest BCUT2D eigenvalue weighted by Crippen LogP contribution is -2.31. The molecule has 0 aromatic heterocycles. The molecule has 0 saturated carbocycles. The molecule has 6 unspecified atom stereocenters. The Bertz CT molecular complexity index is 1480. The maximum atomic E-state index is 15.0. The van der Waals surface area contributed by atoms with Gasteiger partial charge in [-0.15, -0.1) is 0 Å². The van der Waals surface area contributed by atoms with Gasteiger partial charge < -0.3 is 54.3 Å². The van der Waals surface area contributed by atoms with Crippen LogP contribution in [0.3, 0.4) is 0 Å². The monoisotopic (exact) mass is 1040 g/mol. The molecule has 0 saturated heterocycles. The van der Waals surface area contributed by atoms with E-state index in [4.69, 9.17) is 54.3 Å². The zero-order valence-corrected chi connectivity index (χ0v) is 47.0. The van der Waals surface area contributed by atoms with Crippen LogP contribution in [-0.4, -0.2) is 113 Å². The molecule has 0 spiro atoms. The van der Waals surface area contributed by atoms with Gasteiger partial charge in [-0.2, -0.15) is 0 Å². The van der Waals surface area contributed by atoms with Gasteiger partial charge in [0.2, 0.25) is 0 Å². The Morgan fingerprint density at radius 3 is 0.859 bits per heavy atom. The fourth-order valence-corrected chi connectivity index (χ4v) is 22.3. The van der Waals surface area contributed by atoms with Crippen molar-refractivity contribution in [2.24, 2.45) is 0 Å². The fraction of sp³-hybridized carbons (Fsp3) is 1.00. The highest BCUT2D eigenvalue weighted by molar-refractivity contribution is 7.60. The molecular weight excluding hydrogens is 954 g/mol. The van der Waals surface area contributed by atoms with Crippen LogP contribution in [0.4, 0.5) is 0 Å². The Kier molecular flexibility index (Phi) is 33.9. The molecule has 0 amide bonds. The fourth-order valence-electron chi connectivity index (χ4n) is 7.81. The van der Waals surface area contributed by atoms with Crippen molar-refractivity contribution in [3.63, 3.8) is 0 Å². The average Bonchev–Trinajstić information content (AvgIpc) is 3.21. The molecule has 386 valence electrons. The summed E-state index contributed by atoms with van der Waals surface area (Å²) < 4.78 is 157. The molecular formula is C40H88O18P6. The van der Waals surface area contributed by atoms with E-state index in [0.717, 1.165) is 0 Å². The molecule has 64 heavy (non-hydrogen) atoms. The molecule has 0 aromatic rings. The van der Waals surface area contributed by atoms with Crippen LogP contribution in [0.1, 0.15) is 148 Å². The van der Waals surface area contributed by atoms with Gasteiger partial charge >= 0.3 is 45.6 Å². The van der Waals surface area contributed by atoms with Gasteiger partial charge in [0.05, 0.1) is 113 Å². The minimum absolute atomic E-state index is 0.0212. The minimum atomic E-state index is -4.09. The first kappa shape index (κ1) is 64.9. The summed E-state index contributed by atoms with van der Waals surface area (Å²) in [4.78, 5) is 0. The quantitative estimate of drug-likeness (QED) is 0.0519.